The fraction of sp³-hybridized carbons (Fsp3) is 0.381. The molecule has 1 unspecified atom stereocenters. The molecule has 168 valence electrons. The molecule has 1 atom stereocenters. The molecule has 31 heavy (non-hydrogen) atoms. The van der Waals surface area contributed by atoms with Crippen molar-refractivity contribution in [2.45, 2.75) is 31.6 Å². The minimum atomic E-state index is -3.71. The minimum Gasteiger partial charge on any atom is -0.465 e. The molecule has 0 bridgehead atoms. The summed E-state index contributed by atoms with van der Waals surface area (Å²) in [6, 6.07) is 12.1. The molecule has 0 radical (unpaired) electrons. The van der Waals surface area contributed by atoms with Gasteiger partial charge in [0.15, 0.2) is 0 Å². The van der Waals surface area contributed by atoms with Gasteiger partial charge in [0.1, 0.15) is 5.82 Å². The summed E-state index contributed by atoms with van der Waals surface area (Å²) in [7, 11) is -3.71. The van der Waals surface area contributed by atoms with Crippen molar-refractivity contribution in [3.05, 3.63) is 70.5 Å². The lowest BCUT2D eigenvalue weighted by Gasteiger charge is -2.32. The first-order valence-corrected chi connectivity index (χ1v) is 11.8. The molecule has 0 aromatic heterocycles. The number of ether oxygens (including phenoxy) is 1. The second-order valence-corrected chi connectivity index (χ2v) is 9.72. The lowest BCUT2D eigenvalue weighted by atomic mass is 10.1. The topological polar surface area (TPSA) is 95.9 Å². The standard InChI is InChI=1S/C21H24ClFN2O5S/c22-18-7-4-8-19(23)17(18)13-30-16-9-11-25(12-10-16)31(28,29)14-20(24-21(26)27)15-5-2-1-3-6-15/h1-8,16,20,24H,9-14H2,(H,26,27). The van der Waals surface area contributed by atoms with Gasteiger partial charge in [-0.2, -0.15) is 0 Å². The smallest absolute Gasteiger partial charge is 0.405 e. The summed E-state index contributed by atoms with van der Waals surface area (Å²) in [5, 5.41) is 11.7. The molecule has 7 nitrogen and oxygen atoms in total. The highest BCUT2D eigenvalue weighted by Crippen LogP contribution is 2.24. The Hall–Kier alpha value is -2.20. The number of sulfonamides is 1. The number of carbonyl (C=O) groups is 1. The van der Waals surface area contributed by atoms with E-state index in [2.05, 4.69) is 5.32 Å². The summed E-state index contributed by atoms with van der Waals surface area (Å²) in [4.78, 5) is 11.2. The third-order valence-corrected chi connectivity index (χ3v) is 7.46. The number of carboxylic acid groups (broad SMARTS) is 1. The molecular weight excluding hydrogens is 447 g/mol. The lowest BCUT2D eigenvalue weighted by Crippen LogP contribution is -2.44. The minimum absolute atomic E-state index is 0.0154. The Labute approximate surface area is 185 Å². The van der Waals surface area contributed by atoms with E-state index in [0.29, 0.717) is 18.4 Å². The molecule has 1 saturated heterocycles. The van der Waals surface area contributed by atoms with Gasteiger partial charge >= 0.3 is 6.09 Å². The van der Waals surface area contributed by atoms with Crippen LogP contribution >= 0.6 is 11.6 Å². The molecule has 0 saturated carbocycles. The Bertz CT molecular complexity index is 978. The van der Waals surface area contributed by atoms with Crippen LogP contribution in [-0.2, 0) is 21.4 Å². The average molecular weight is 471 g/mol. The molecule has 1 aliphatic rings. The van der Waals surface area contributed by atoms with Crippen molar-refractivity contribution < 1.29 is 27.4 Å². The number of hydrogen-bond donors (Lipinski definition) is 2. The van der Waals surface area contributed by atoms with E-state index in [1.807, 2.05) is 0 Å². The van der Waals surface area contributed by atoms with E-state index in [9.17, 15) is 17.6 Å². The summed E-state index contributed by atoms with van der Waals surface area (Å²) in [6.07, 6.45) is -0.603. The van der Waals surface area contributed by atoms with Crippen LogP contribution in [0.2, 0.25) is 5.02 Å². The number of nitrogens with zero attached hydrogens (tertiary/aromatic N) is 1. The second-order valence-electron chi connectivity index (χ2n) is 7.30. The highest BCUT2D eigenvalue weighted by Gasteiger charge is 2.31. The molecular formula is C21H24ClFN2O5S. The van der Waals surface area contributed by atoms with Gasteiger partial charge in [-0.05, 0) is 30.5 Å². The summed E-state index contributed by atoms with van der Waals surface area (Å²) in [5.74, 6) is -0.815. The first kappa shape index (κ1) is 23.5. The Morgan fingerprint density at radius 2 is 1.87 bits per heavy atom. The zero-order chi connectivity index (χ0) is 22.4. The Kier molecular flexibility index (Phi) is 7.88. The normalized spacial score (nSPS) is 16.7. The molecule has 1 aliphatic heterocycles. The van der Waals surface area contributed by atoms with E-state index in [0.717, 1.165) is 0 Å². The van der Waals surface area contributed by atoms with Crippen LogP contribution in [0.15, 0.2) is 48.5 Å². The SMILES string of the molecule is O=C(O)NC(CS(=O)(=O)N1CCC(OCc2c(F)cccc2Cl)CC1)c1ccccc1. The molecule has 3 rings (SSSR count). The van der Waals surface area contributed by atoms with Crippen LogP contribution < -0.4 is 5.32 Å². The monoisotopic (exact) mass is 470 g/mol. The fourth-order valence-electron chi connectivity index (χ4n) is 3.52. The molecule has 0 spiro atoms. The van der Waals surface area contributed by atoms with E-state index in [1.54, 1.807) is 36.4 Å². The quantitative estimate of drug-likeness (QED) is 0.611. The van der Waals surface area contributed by atoms with E-state index in [-0.39, 0.29) is 42.1 Å². The van der Waals surface area contributed by atoms with Crippen molar-refractivity contribution in [1.29, 1.82) is 0 Å². The molecule has 2 aromatic rings. The molecule has 2 N–H and O–H groups in total. The van der Waals surface area contributed by atoms with Gasteiger partial charge in [-0.1, -0.05) is 48.0 Å². The second kappa shape index (κ2) is 10.4. The first-order valence-electron chi connectivity index (χ1n) is 9.83. The third kappa shape index (κ3) is 6.39. The van der Waals surface area contributed by atoms with E-state index in [1.165, 1.54) is 16.4 Å². The summed E-state index contributed by atoms with van der Waals surface area (Å²) >= 11 is 6.01. The van der Waals surface area contributed by atoms with Crippen LogP contribution in [-0.4, -0.2) is 48.9 Å². The maximum Gasteiger partial charge on any atom is 0.405 e. The van der Waals surface area contributed by atoms with Crippen molar-refractivity contribution in [1.82, 2.24) is 9.62 Å². The molecule has 10 heteroatoms. The van der Waals surface area contributed by atoms with Crippen LogP contribution in [0.3, 0.4) is 0 Å². The summed E-state index contributed by atoms with van der Waals surface area (Å²) in [5.41, 5.74) is 0.859. The molecule has 0 aliphatic carbocycles. The van der Waals surface area contributed by atoms with Gasteiger partial charge in [-0.25, -0.2) is 21.9 Å². The summed E-state index contributed by atoms with van der Waals surface area (Å²) < 4.78 is 46.8. The number of nitrogens with one attached hydrogen (secondary N) is 1. The molecule has 1 amide bonds. The van der Waals surface area contributed by atoms with Crippen LogP contribution in [0, 0.1) is 5.82 Å². The van der Waals surface area contributed by atoms with Gasteiger partial charge in [0.2, 0.25) is 10.0 Å². The van der Waals surface area contributed by atoms with Crippen molar-refractivity contribution in [3.8, 4) is 0 Å². The molecule has 2 aromatic carbocycles. The van der Waals surface area contributed by atoms with Crippen LogP contribution in [0.4, 0.5) is 9.18 Å². The Morgan fingerprint density at radius 3 is 2.48 bits per heavy atom. The highest BCUT2D eigenvalue weighted by molar-refractivity contribution is 7.89. The zero-order valence-electron chi connectivity index (χ0n) is 16.7. The van der Waals surface area contributed by atoms with Crippen LogP contribution in [0.5, 0.6) is 0 Å². The molecule has 1 heterocycles. The predicted molar refractivity (Wildman–Crippen MR) is 115 cm³/mol. The van der Waals surface area contributed by atoms with Crippen LogP contribution in [0.25, 0.3) is 0 Å². The third-order valence-electron chi connectivity index (χ3n) is 5.20. The van der Waals surface area contributed by atoms with Crippen LogP contribution in [0.1, 0.15) is 30.0 Å². The average Bonchev–Trinajstić information content (AvgIpc) is 2.73. The van der Waals surface area contributed by atoms with Crippen molar-refractivity contribution in [2.75, 3.05) is 18.8 Å². The van der Waals surface area contributed by atoms with Gasteiger partial charge in [0.25, 0.3) is 0 Å². The van der Waals surface area contributed by atoms with Gasteiger partial charge in [-0.15, -0.1) is 0 Å². The fourth-order valence-corrected chi connectivity index (χ4v) is 5.41. The Balaban J connectivity index is 1.58. The molecule has 1 fully saturated rings. The maximum atomic E-state index is 13.9. The van der Waals surface area contributed by atoms with Crippen molar-refractivity contribution in [3.63, 3.8) is 0 Å². The number of piperidine rings is 1. The number of benzene rings is 2. The van der Waals surface area contributed by atoms with Crippen molar-refractivity contribution >= 4 is 27.7 Å². The number of halogens is 2. The zero-order valence-corrected chi connectivity index (χ0v) is 18.3. The van der Waals surface area contributed by atoms with E-state index in [4.69, 9.17) is 21.4 Å². The predicted octanol–water partition coefficient (Wildman–Crippen LogP) is 3.80. The van der Waals surface area contributed by atoms with Gasteiger partial charge < -0.3 is 15.2 Å². The largest absolute Gasteiger partial charge is 0.465 e. The first-order chi connectivity index (χ1) is 14.8. The number of hydrogen-bond acceptors (Lipinski definition) is 4. The van der Waals surface area contributed by atoms with Crippen molar-refractivity contribution in [2.24, 2.45) is 0 Å². The Morgan fingerprint density at radius 1 is 1.19 bits per heavy atom. The maximum absolute atomic E-state index is 13.9. The van der Waals surface area contributed by atoms with Gasteiger partial charge in [0, 0.05) is 23.7 Å². The summed E-state index contributed by atoms with van der Waals surface area (Å²) in [6.45, 7) is 0.501. The highest BCUT2D eigenvalue weighted by atomic mass is 35.5. The number of amides is 1. The van der Waals surface area contributed by atoms with Gasteiger partial charge in [-0.3, -0.25) is 0 Å². The van der Waals surface area contributed by atoms with E-state index < -0.39 is 28.0 Å². The van der Waals surface area contributed by atoms with Gasteiger partial charge in [0.05, 0.1) is 24.5 Å². The van der Waals surface area contributed by atoms with E-state index >= 15 is 0 Å². The lowest BCUT2D eigenvalue weighted by molar-refractivity contribution is 0.00905. The number of rotatable bonds is 8.